The summed E-state index contributed by atoms with van der Waals surface area (Å²) in [6.07, 6.45) is 3.00. The molecule has 0 saturated carbocycles. The second-order valence-electron chi connectivity index (χ2n) is 6.29. The number of ether oxygens (including phenoxy) is 3. The van der Waals surface area contributed by atoms with E-state index >= 15 is 0 Å². The predicted octanol–water partition coefficient (Wildman–Crippen LogP) is 4.29. The number of halogens is 1. The molecule has 0 fully saturated rings. The Morgan fingerprint density at radius 2 is 1.87 bits per heavy atom. The van der Waals surface area contributed by atoms with Gasteiger partial charge in [0.1, 0.15) is 18.1 Å². The van der Waals surface area contributed by atoms with Crippen molar-refractivity contribution in [2.75, 3.05) is 6.79 Å². The first kappa shape index (κ1) is 19.8. The van der Waals surface area contributed by atoms with Crippen LogP contribution in [0.15, 0.2) is 75.4 Å². The molecule has 1 aliphatic heterocycles. The quantitative estimate of drug-likeness (QED) is 0.428. The van der Waals surface area contributed by atoms with Crippen molar-refractivity contribution < 1.29 is 28.2 Å². The number of rotatable bonds is 6. The SMILES string of the molecule is O=C(OCc1ccco1)/C(=C/c1ccc2c(c1)OCO2)NC(=O)c1ccc(Br)cc1. The highest BCUT2D eigenvalue weighted by Gasteiger charge is 2.18. The summed E-state index contributed by atoms with van der Waals surface area (Å²) in [4.78, 5) is 25.3. The molecular weight excluding hydrogens is 454 g/mol. The lowest BCUT2D eigenvalue weighted by molar-refractivity contribution is -0.141. The van der Waals surface area contributed by atoms with Crippen LogP contribution in [0, 0.1) is 0 Å². The molecule has 1 aromatic heterocycles. The molecule has 0 atom stereocenters. The van der Waals surface area contributed by atoms with E-state index in [4.69, 9.17) is 18.6 Å². The van der Waals surface area contributed by atoms with E-state index in [1.165, 1.54) is 12.3 Å². The predicted molar refractivity (Wildman–Crippen MR) is 111 cm³/mol. The molecule has 3 aromatic rings. The van der Waals surface area contributed by atoms with Gasteiger partial charge < -0.3 is 23.9 Å². The molecule has 1 N–H and O–H groups in total. The third kappa shape index (κ3) is 4.72. The maximum absolute atomic E-state index is 12.7. The minimum absolute atomic E-state index is 0.0201. The monoisotopic (exact) mass is 469 g/mol. The molecule has 0 spiro atoms. The van der Waals surface area contributed by atoms with Crippen LogP contribution in [0.1, 0.15) is 21.7 Å². The van der Waals surface area contributed by atoms with Gasteiger partial charge in [0.25, 0.3) is 5.91 Å². The average Bonchev–Trinajstić information content (AvgIpc) is 3.43. The van der Waals surface area contributed by atoms with E-state index in [9.17, 15) is 9.59 Å². The van der Waals surface area contributed by atoms with Gasteiger partial charge in [-0.1, -0.05) is 22.0 Å². The Hall–Kier alpha value is -3.52. The molecule has 4 rings (SSSR count). The molecule has 1 aliphatic rings. The van der Waals surface area contributed by atoms with Crippen molar-refractivity contribution >= 4 is 33.9 Å². The Labute approximate surface area is 180 Å². The number of amides is 1. The number of carbonyl (C=O) groups excluding carboxylic acids is 2. The minimum Gasteiger partial charge on any atom is -0.466 e. The van der Waals surface area contributed by atoms with Crippen molar-refractivity contribution in [2.45, 2.75) is 6.61 Å². The molecule has 0 aliphatic carbocycles. The fourth-order valence-corrected chi connectivity index (χ4v) is 2.98. The van der Waals surface area contributed by atoms with Crippen LogP contribution in [-0.4, -0.2) is 18.7 Å². The standard InChI is InChI=1S/C22H16BrNO6/c23-16-6-4-15(5-7-16)21(25)24-18(22(26)28-12-17-2-1-9-27-17)10-14-3-8-19-20(11-14)30-13-29-19/h1-11H,12-13H2,(H,24,25)/b18-10-. The molecule has 8 heteroatoms. The molecule has 2 aromatic carbocycles. The molecule has 0 bridgehead atoms. The average molecular weight is 470 g/mol. The Morgan fingerprint density at radius 3 is 2.63 bits per heavy atom. The maximum Gasteiger partial charge on any atom is 0.355 e. The highest BCUT2D eigenvalue weighted by molar-refractivity contribution is 9.10. The molecule has 152 valence electrons. The van der Waals surface area contributed by atoms with E-state index in [1.54, 1.807) is 54.6 Å². The van der Waals surface area contributed by atoms with E-state index in [0.29, 0.717) is 28.4 Å². The van der Waals surface area contributed by atoms with Crippen molar-refractivity contribution in [2.24, 2.45) is 0 Å². The normalized spacial score (nSPS) is 12.5. The highest BCUT2D eigenvalue weighted by Crippen LogP contribution is 2.33. The second-order valence-corrected chi connectivity index (χ2v) is 7.20. The fourth-order valence-electron chi connectivity index (χ4n) is 2.72. The highest BCUT2D eigenvalue weighted by atomic mass is 79.9. The Morgan fingerprint density at radius 1 is 1.07 bits per heavy atom. The Balaban J connectivity index is 1.57. The van der Waals surface area contributed by atoms with Gasteiger partial charge in [-0.25, -0.2) is 4.79 Å². The number of esters is 1. The number of fused-ring (bicyclic) bond motifs is 1. The summed E-state index contributed by atoms with van der Waals surface area (Å²) in [5.41, 5.74) is 1.02. The number of carbonyl (C=O) groups is 2. The van der Waals surface area contributed by atoms with Gasteiger partial charge >= 0.3 is 5.97 Å². The zero-order chi connectivity index (χ0) is 20.9. The van der Waals surface area contributed by atoms with Crippen LogP contribution in [0.4, 0.5) is 0 Å². The molecule has 30 heavy (non-hydrogen) atoms. The molecule has 7 nitrogen and oxygen atoms in total. The zero-order valence-corrected chi connectivity index (χ0v) is 17.2. The smallest absolute Gasteiger partial charge is 0.355 e. The number of furan rings is 1. The van der Waals surface area contributed by atoms with Crippen molar-refractivity contribution in [3.63, 3.8) is 0 Å². The summed E-state index contributed by atoms with van der Waals surface area (Å²) in [7, 11) is 0. The lowest BCUT2D eigenvalue weighted by Gasteiger charge is -2.10. The van der Waals surface area contributed by atoms with E-state index in [2.05, 4.69) is 21.2 Å². The van der Waals surface area contributed by atoms with Crippen LogP contribution in [0.2, 0.25) is 0 Å². The number of hydrogen-bond acceptors (Lipinski definition) is 6. The van der Waals surface area contributed by atoms with Gasteiger partial charge in [0.15, 0.2) is 11.5 Å². The van der Waals surface area contributed by atoms with E-state index < -0.39 is 11.9 Å². The van der Waals surface area contributed by atoms with Crippen LogP contribution in [-0.2, 0) is 16.1 Å². The van der Waals surface area contributed by atoms with Gasteiger partial charge in [0.2, 0.25) is 6.79 Å². The maximum atomic E-state index is 12.7. The lowest BCUT2D eigenvalue weighted by atomic mass is 10.1. The summed E-state index contributed by atoms with van der Waals surface area (Å²) < 4.78 is 22.0. The minimum atomic E-state index is -0.700. The Kier molecular flexibility index (Phi) is 5.85. The first-order chi connectivity index (χ1) is 14.6. The first-order valence-corrected chi connectivity index (χ1v) is 9.75. The number of benzene rings is 2. The largest absolute Gasteiger partial charge is 0.466 e. The third-order valence-electron chi connectivity index (χ3n) is 4.21. The third-order valence-corrected chi connectivity index (χ3v) is 4.74. The molecule has 2 heterocycles. The first-order valence-electron chi connectivity index (χ1n) is 8.96. The van der Waals surface area contributed by atoms with Gasteiger partial charge in [-0.3, -0.25) is 4.79 Å². The van der Waals surface area contributed by atoms with Gasteiger partial charge in [-0.2, -0.15) is 0 Å². The molecule has 1 amide bonds. The fraction of sp³-hybridized carbons (Fsp3) is 0.0909. The summed E-state index contributed by atoms with van der Waals surface area (Å²) in [5.74, 6) is 0.531. The molecule has 0 radical (unpaired) electrons. The van der Waals surface area contributed by atoms with Gasteiger partial charge in [-0.05, 0) is 60.2 Å². The zero-order valence-electron chi connectivity index (χ0n) is 15.6. The van der Waals surface area contributed by atoms with Gasteiger partial charge in [0.05, 0.1) is 6.26 Å². The van der Waals surface area contributed by atoms with Crippen LogP contribution < -0.4 is 14.8 Å². The van der Waals surface area contributed by atoms with E-state index in [0.717, 1.165) is 4.47 Å². The number of nitrogens with one attached hydrogen (secondary N) is 1. The van der Waals surface area contributed by atoms with Crippen molar-refractivity contribution in [3.8, 4) is 11.5 Å². The van der Waals surface area contributed by atoms with Gasteiger partial charge in [-0.15, -0.1) is 0 Å². The van der Waals surface area contributed by atoms with Crippen LogP contribution in [0.25, 0.3) is 6.08 Å². The van der Waals surface area contributed by atoms with Crippen molar-refractivity contribution in [1.29, 1.82) is 0 Å². The molecule has 0 unspecified atom stereocenters. The van der Waals surface area contributed by atoms with Crippen molar-refractivity contribution in [3.05, 3.63) is 87.9 Å². The summed E-state index contributed by atoms with van der Waals surface area (Å²) in [5, 5.41) is 2.63. The van der Waals surface area contributed by atoms with Crippen LogP contribution >= 0.6 is 15.9 Å². The summed E-state index contributed by atoms with van der Waals surface area (Å²) in [6.45, 7) is 0.0827. The van der Waals surface area contributed by atoms with Crippen molar-refractivity contribution in [1.82, 2.24) is 5.32 Å². The topological polar surface area (TPSA) is 87.0 Å². The van der Waals surface area contributed by atoms with Crippen LogP contribution in [0.5, 0.6) is 11.5 Å². The second kappa shape index (κ2) is 8.87. The lowest BCUT2D eigenvalue weighted by Crippen LogP contribution is -2.28. The Bertz CT molecular complexity index is 1090. The molecule has 0 saturated heterocycles. The molecular formula is C22H16BrNO6. The number of hydrogen-bond donors (Lipinski definition) is 1. The summed E-state index contributed by atoms with van der Waals surface area (Å²) in [6, 6.07) is 15.4. The summed E-state index contributed by atoms with van der Waals surface area (Å²) >= 11 is 3.33. The van der Waals surface area contributed by atoms with E-state index in [-0.39, 0.29) is 19.1 Å². The van der Waals surface area contributed by atoms with E-state index in [1.807, 2.05) is 0 Å². The van der Waals surface area contributed by atoms with Crippen LogP contribution in [0.3, 0.4) is 0 Å². The van der Waals surface area contributed by atoms with Gasteiger partial charge in [0, 0.05) is 10.0 Å².